The van der Waals surface area contributed by atoms with Crippen molar-refractivity contribution in [2.75, 3.05) is 37.4 Å². The summed E-state index contributed by atoms with van der Waals surface area (Å²) in [6.45, 7) is 8.66. The molecule has 0 unspecified atom stereocenters. The zero-order valence-corrected chi connectivity index (χ0v) is 17.0. The number of benzene rings is 1. The van der Waals surface area contributed by atoms with E-state index in [0.717, 1.165) is 55.1 Å². The lowest BCUT2D eigenvalue weighted by atomic mass is 10.0. The predicted octanol–water partition coefficient (Wildman–Crippen LogP) is 1.08. The van der Waals surface area contributed by atoms with Gasteiger partial charge in [0, 0.05) is 12.7 Å². The molecule has 0 atom stereocenters. The molecule has 1 aromatic carbocycles. The number of carbonyl (C=O) groups is 1. The molecule has 0 aliphatic carbocycles. The van der Waals surface area contributed by atoms with Crippen molar-refractivity contribution in [1.29, 1.82) is 0 Å². The number of thioether (sulfide) groups is 1. The van der Waals surface area contributed by atoms with Gasteiger partial charge in [0.2, 0.25) is 5.91 Å². The Balaban J connectivity index is 1.55. The molecule has 1 aliphatic heterocycles. The molecule has 1 amide bonds. The Labute approximate surface area is 164 Å². The molecule has 1 saturated heterocycles. The van der Waals surface area contributed by atoms with Crippen molar-refractivity contribution < 1.29 is 14.4 Å². The average molecular weight is 391 g/mol. The maximum atomic E-state index is 12.4. The number of hydrogen-bond donors (Lipinski definition) is 2. The quantitative estimate of drug-likeness (QED) is 0.693. The van der Waals surface area contributed by atoms with E-state index >= 15 is 0 Å². The zero-order chi connectivity index (χ0) is 19.2. The van der Waals surface area contributed by atoms with Crippen molar-refractivity contribution in [2.45, 2.75) is 31.5 Å². The molecule has 0 radical (unpaired) electrons. The highest BCUT2D eigenvalue weighted by Crippen LogP contribution is 2.24. The molecule has 0 bridgehead atoms. The summed E-state index contributed by atoms with van der Waals surface area (Å²) in [7, 11) is 1.96. The van der Waals surface area contributed by atoms with Crippen molar-refractivity contribution in [3.05, 3.63) is 35.7 Å². The Morgan fingerprint density at radius 3 is 2.78 bits per heavy atom. The molecule has 1 aromatic heterocycles. The lowest BCUT2D eigenvalue weighted by molar-refractivity contribution is -0.922. The van der Waals surface area contributed by atoms with Crippen LogP contribution in [-0.4, -0.2) is 52.7 Å². The highest BCUT2D eigenvalue weighted by molar-refractivity contribution is 7.99. The zero-order valence-electron chi connectivity index (χ0n) is 16.2. The van der Waals surface area contributed by atoms with E-state index in [-0.39, 0.29) is 5.91 Å². The Kier molecular flexibility index (Phi) is 6.87. The molecular formula is C19H28N5O2S+. The number of ether oxygens (including phenoxy) is 1. The van der Waals surface area contributed by atoms with Gasteiger partial charge in [-0.05, 0) is 17.5 Å². The summed E-state index contributed by atoms with van der Waals surface area (Å²) in [6, 6.07) is 7.94. The highest BCUT2D eigenvalue weighted by Gasteiger charge is 2.19. The second kappa shape index (κ2) is 9.34. The van der Waals surface area contributed by atoms with Crippen LogP contribution in [0.1, 0.15) is 31.2 Å². The molecule has 0 spiro atoms. The lowest BCUT2D eigenvalue weighted by Crippen LogP contribution is -3.12. The van der Waals surface area contributed by atoms with Crippen LogP contribution in [0.5, 0.6) is 0 Å². The first kappa shape index (κ1) is 19.9. The van der Waals surface area contributed by atoms with Crippen LogP contribution in [0.25, 0.3) is 0 Å². The summed E-state index contributed by atoms with van der Waals surface area (Å²) in [4.78, 5) is 13.8. The molecule has 0 saturated carbocycles. The van der Waals surface area contributed by atoms with Gasteiger partial charge in [-0.1, -0.05) is 43.8 Å². The first-order chi connectivity index (χ1) is 13.0. The predicted molar refractivity (Wildman–Crippen MR) is 106 cm³/mol. The number of morpholine rings is 1. The summed E-state index contributed by atoms with van der Waals surface area (Å²) in [5, 5.41) is 12.4. The summed E-state index contributed by atoms with van der Waals surface area (Å²) in [5.74, 6) is 1.58. The molecule has 27 heavy (non-hydrogen) atoms. The minimum Gasteiger partial charge on any atom is -0.370 e. The summed E-state index contributed by atoms with van der Waals surface area (Å²) in [6.07, 6.45) is 0. The van der Waals surface area contributed by atoms with E-state index < -0.39 is 0 Å². The SMILES string of the molecule is CC(C)c1ccccc1NC(=O)CSc1nnc(C[NH+]2CCOCC2)n1C. The smallest absolute Gasteiger partial charge is 0.234 e. The third-order valence-corrected chi connectivity index (χ3v) is 5.74. The van der Waals surface area contributed by atoms with Crippen LogP contribution >= 0.6 is 11.8 Å². The Morgan fingerprint density at radius 1 is 1.30 bits per heavy atom. The van der Waals surface area contributed by atoms with Gasteiger partial charge in [-0.15, -0.1) is 10.2 Å². The van der Waals surface area contributed by atoms with Crippen molar-refractivity contribution in [3.63, 3.8) is 0 Å². The first-order valence-corrected chi connectivity index (χ1v) is 10.3. The van der Waals surface area contributed by atoms with Gasteiger partial charge in [0.05, 0.1) is 19.0 Å². The third-order valence-electron chi connectivity index (χ3n) is 4.72. The van der Waals surface area contributed by atoms with Gasteiger partial charge in [0.1, 0.15) is 19.6 Å². The monoisotopic (exact) mass is 390 g/mol. The van der Waals surface area contributed by atoms with Crippen molar-refractivity contribution in [1.82, 2.24) is 14.8 Å². The highest BCUT2D eigenvalue weighted by atomic mass is 32.2. The van der Waals surface area contributed by atoms with E-state index in [0.29, 0.717) is 11.7 Å². The van der Waals surface area contributed by atoms with E-state index in [9.17, 15) is 4.79 Å². The molecule has 8 heteroatoms. The van der Waals surface area contributed by atoms with E-state index in [4.69, 9.17) is 4.74 Å². The van der Waals surface area contributed by atoms with Gasteiger partial charge in [-0.25, -0.2) is 0 Å². The standard InChI is InChI=1S/C19H27N5O2S/c1-14(2)15-6-4-5-7-16(15)20-18(25)13-27-19-22-21-17(23(19)3)12-24-8-10-26-11-9-24/h4-7,14H,8-13H2,1-3H3,(H,20,25)/p+1. The lowest BCUT2D eigenvalue weighted by Gasteiger charge is -2.23. The minimum absolute atomic E-state index is 0.0311. The second-order valence-corrected chi connectivity index (χ2v) is 8.02. The summed E-state index contributed by atoms with van der Waals surface area (Å²) in [5.41, 5.74) is 2.03. The molecule has 146 valence electrons. The van der Waals surface area contributed by atoms with Gasteiger partial charge in [0.25, 0.3) is 0 Å². The normalized spacial score (nSPS) is 15.3. The minimum atomic E-state index is -0.0311. The summed E-state index contributed by atoms with van der Waals surface area (Å²) >= 11 is 1.41. The van der Waals surface area contributed by atoms with Gasteiger partial charge in [0.15, 0.2) is 11.0 Å². The number of hydrogen-bond acceptors (Lipinski definition) is 5. The molecule has 2 heterocycles. The molecule has 7 nitrogen and oxygen atoms in total. The largest absolute Gasteiger partial charge is 0.370 e. The summed E-state index contributed by atoms with van der Waals surface area (Å²) < 4.78 is 7.39. The van der Waals surface area contributed by atoms with Crippen LogP contribution in [0.15, 0.2) is 29.4 Å². The molecule has 1 aliphatic rings. The maximum absolute atomic E-state index is 12.4. The fourth-order valence-corrected chi connectivity index (χ4v) is 3.85. The fraction of sp³-hybridized carbons (Fsp3) is 0.526. The number of amides is 1. The number of quaternary nitrogens is 1. The number of para-hydroxylation sites is 1. The van der Waals surface area contributed by atoms with Crippen molar-refractivity contribution >= 4 is 23.4 Å². The molecule has 3 rings (SSSR count). The third kappa shape index (κ3) is 5.31. The fourth-order valence-electron chi connectivity index (χ4n) is 3.12. The van der Waals surface area contributed by atoms with Crippen LogP contribution in [-0.2, 0) is 23.1 Å². The first-order valence-electron chi connectivity index (χ1n) is 9.35. The van der Waals surface area contributed by atoms with E-state index in [1.807, 2.05) is 29.8 Å². The van der Waals surface area contributed by atoms with Crippen LogP contribution in [0, 0.1) is 0 Å². The second-order valence-electron chi connectivity index (χ2n) is 7.08. The van der Waals surface area contributed by atoms with Crippen LogP contribution < -0.4 is 10.2 Å². The number of carbonyl (C=O) groups excluding carboxylic acids is 1. The topological polar surface area (TPSA) is 73.5 Å². The molecular weight excluding hydrogens is 362 g/mol. The molecule has 1 fully saturated rings. The number of rotatable bonds is 7. The van der Waals surface area contributed by atoms with Gasteiger partial charge in [-0.2, -0.15) is 0 Å². The molecule has 2 aromatic rings. The van der Waals surface area contributed by atoms with E-state index in [2.05, 4.69) is 35.4 Å². The van der Waals surface area contributed by atoms with E-state index in [1.54, 1.807) is 0 Å². The van der Waals surface area contributed by atoms with E-state index in [1.165, 1.54) is 16.7 Å². The number of nitrogens with zero attached hydrogens (tertiary/aromatic N) is 3. The Bertz CT molecular complexity index is 771. The Morgan fingerprint density at radius 2 is 2.04 bits per heavy atom. The molecule has 2 N–H and O–H groups in total. The van der Waals surface area contributed by atoms with Gasteiger partial charge in [-0.3, -0.25) is 4.79 Å². The number of nitrogens with one attached hydrogen (secondary N) is 2. The Hall–Kier alpha value is -1.90. The van der Waals surface area contributed by atoms with Crippen molar-refractivity contribution in [3.8, 4) is 0 Å². The van der Waals surface area contributed by atoms with Crippen LogP contribution in [0.4, 0.5) is 5.69 Å². The number of anilines is 1. The average Bonchev–Trinajstić information content (AvgIpc) is 3.01. The van der Waals surface area contributed by atoms with Crippen LogP contribution in [0.2, 0.25) is 0 Å². The maximum Gasteiger partial charge on any atom is 0.234 e. The van der Waals surface area contributed by atoms with Crippen molar-refractivity contribution in [2.24, 2.45) is 7.05 Å². The van der Waals surface area contributed by atoms with Crippen LogP contribution in [0.3, 0.4) is 0 Å². The van der Waals surface area contributed by atoms with Gasteiger partial charge >= 0.3 is 0 Å². The number of aromatic nitrogens is 3. The van der Waals surface area contributed by atoms with Gasteiger partial charge < -0.3 is 19.5 Å².